The maximum absolute atomic E-state index is 12.2. The average Bonchev–Trinajstić information content (AvgIpc) is 2.75. The lowest BCUT2D eigenvalue weighted by atomic mass is 9.90. The Morgan fingerprint density at radius 3 is 2.59 bits per heavy atom. The molecule has 0 radical (unpaired) electrons. The van der Waals surface area contributed by atoms with Crippen molar-refractivity contribution in [3.05, 3.63) is 0 Å². The molecule has 0 aromatic rings. The van der Waals surface area contributed by atoms with Gasteiger partial charge >= 0.3 is 5.97 Å². The third-order valence-electron chi connectivity index (χ3n) is 3.37. The highest BCUT2D eigenvalue weighted by molar-refractivity contribution is 5.90. The number of hydrogen-bond donors (Lipinski definition) is 3. The number of amides is 1. The Morgan fingerprint density at radius 2 is 2.18 bits per heavy atom. The number of hydrogen-bond acceptors (Lipinski definition) is 3. The third-order valence-corrected chi connectivity index (χ3v) is 3.37. The van der Waals surface area contributed by atoms with E-state index in [4.69, 9.17) is 5.11 Å². The molecule has 1 aliphatic heterocycles. The summed E-state index contributed by atoms with van der Waals surface area (Å²) in [6.45, 7) is 4.62. The molecule has 1 fully saturated rings. The second kappa shape index (κ2) is 6.00. The van der Waals surface area contributed by atoms with Gasteiger partial charge in [-0.25, -0.2) is 4.79 Å². The molecule has 0 saturated carbocycles. The average molecular weight is 242 g/mol. The zero-order valence-corrected chi connectivity index (χ0v) is 10.6. The van der Waals surface area contributed by atoms with Gasteiger partial charge in [0.2, 0.25) is 5.91 Å². The molecule has 0 spiro atoms. The number of aliphatic carboxylic acids is 1. The number of rotatable bonds is 6. The van der Waals surface area contributed by atoms with E-state index in [0.29, 0.717) is 6.42 Å². The zero-order chi connectivity index (χ0) is 12.9. The van der Waals surface area contributed by atoms with Crippen LogP contribution in [0.15, 0.2) is 0 Å². The van der Waals surface area contributed by atoms with Gasteiger partial charge < -0.3 is 15.7 Å². The predicted molar refractivity (Wildman–Crippen MR) is 64.7 cm³/mol. The van der Waals surface area contributed by atoms with Crippen molar-refractivity contribution in [3.63, 3.8) is 0 Å². The van der Waals surface area contributed by atoms with Gasteiger partial charge in [0.05, 0.1) is 5.54 Å². The Hall–Kier alpha value is -1.10. The summed E-state index contributed by atoms with van der Waals surface area (Å²) in [6.07, 6.45) is 3.84. The lowest BCUT2D eigenvalue weighted by Gasteiger charge is -2.29. The summed E-state index contributed by atoms with van der Waals surface area (Å²) in [6, 6.07) is -0.779. The molecule has 1 heterocycles. The molecule has 1 aliphatic rings. The summed E-state index contributed by atoms with van der Waals surface area (Å²) in [7, 11) is 0. The topological polar surface area (TPSA) is 78.4 Å². The Kier molecular flexibility index (Phi) is 4.93. The van der Waals surface area contributed by atoms with Gasteiger partial charge in [-0.2, -0.15) is 0 Å². The monoisotopic (exact) mass is 242 g/mol. The van der Waals surface area contributed by atoms with Crippen LogP contribution < -0.4 is 10.6 Å². The highest BCUT2D eigenvalue weighted by Crippen LogP contribution is 2.25. The Morgan fingerprint density at radius 1 is 1.47 bits per heavy atom. The van der Waals surface area contributed by atoms with E-state index in [0.717, 1.165) is 32.2 Å². The van der Waals surface area contributed by atoms with Gasteiger partial charge in [-0.15, -0.1) is 0 Å². The minimum absolute atomic E-state index is 0.161. The first-order valence-electron chi connectivity index (χ1n) is 6.34. The van der Waals surface area contributed by atoms with Gasteiger partial charge in [0.25, 0.3) is 0 Å². The molecule has 0 aromatic heterocycles. The largest absolute Gasteiger partial charge is 0.480 e. The molecule has 0 aromatic carbocycles. The van der Waals surface area contributed by atoms with Crippen LogP contribution in [0.5, 0.6) is 0 Å². The third kappa shape index (κ3) is 3.19. The van der Waals surface area contributed by atoms with Crippen molar-refractivity contribution in [1.29, 1.82) is 0 Å². The van der Waals surface area contributed by atoms with Gasteiger partial charge in [0.15, 0.2) is 0 Å². The number of carbonyl (C=O) groups excluding carboxylic acids is 1. The van der Waals surface area contributed by atoms with Gasteiger partial charge in [0.1, 0.15) is 6.04 Å². The van der Waals surface area contributed by atoms with Gasteiger partial charge in [0, 0.05) is 0 Å². The van der Waals surface area contributed by atoms with Crippen LogP contribution in [0.2, 0.25) is 0 Å². The lowest BCUT2D eigenvalue weighted by Crippen LogP contribution is -2.56. The maximum Gasteiger partial charge on any atom is 0.326 e. The van der Waals surface area contributed by atoms with Gasteiger partial charge in [-0.05, 0) is 32.2 Å². The van der Waals surface area contributed by atoms with Crippen molar-refractivity contribution in [1.82, 2.24) is 10.6 Å². The fourth-order valence-electron chi connectivity index (χ4n) is 2.39. The number of carbonyl (C=O) groups is 2. The van der Waals surface area contributed by atoms with Crippen LogP contribution in [0.1, 0.15) is 46.0 Å². The van der Waals surface area contributed by atoms with Crippen molar-refractivity contribution in [3.8, 4) is 0 Å². The highest BCUT2D eigenvalue weighted by Gasteiger charge is 2.41. The van der Waals surface area contributed by atoms with Crippen molar-refractivity contribution in [2.75, 3.05) is 6.54 Å². The standard InChI is InChI=1S/C12H22N2O3/c1-3-6-12(7-5-8-13-12)11(17)14-9(4-2)10(15)16/h9,13H,3-8H2,1-2H3,(H,14,17)(H,15,16). The first kappa shape index (κ1) is 14.0. The second-order valence-corrected chi connectivity index (χ2v) is 4.63. The Balaban J connectivity index is 2.68. The first-order chi connectivity index (χ1) is 8.05. The predicted octanol–water partition coefficient (Wildman–Crippen LogP) is 0.888. The molecular formula is C12H22N2O3. The van der Waals surface area contributed by atoms with E-state index in [1.165, 1.54) is 0 Å². The number of carboxylic acids is 1. The van der Waals surface area contributed by atoms with Crippen LogP contribution in [0, 0.1) is 0 Å². The molecule has 5 heteroatoms. The van der Waals surface area contributed by atoms with E-state index in [2.05, 4.69) is 10.6 Å². The SMILES string of the molecule is CCCC1(C(=O)NC(CC)C(=O)O)CCCN1. The molecule has 1 rings (SSSR count). The van der Waals surface area contributed by atoms with Gasteiger partial charge in [-0.3, -0.25) is 4.79 Å². The van der Waals surface area contributed by atoms with E-state index in [1.54, 1.807) is 6.92 Å². The van der Waals surface area contributed by atoms with Crippen LogP contribution in [0.25, 0.3) is 0 Å². The molecule has 3 N–H and O–H groups in total. The summed E-state index contributed by atoms with van der Waals surface area (Å²) in [5.41, 5.74) is -0.544. The smallest absolute Gasteiger partial charge is 0.326 e. The minimum atomic E-state index is -0.967. The van der Waals surface area contributed by atoms with Crippen molar-refractivity contribution < 1.29 is 14.7 Å². The highest BCUT2D eigenvalue weighted by atomic mass is 16.4. The van der Waals surface area contributed by atoms with Crippen molar-refractivity contribution in [2.24, 2.45) is 0 Å². The van der Waals surface area contributed by atoms with E-state index >= 15 is 0 Å². The Bertz CT molecular complexity index is 285. The van der Waals surface area contributed by atoms with Crippen LogP contribution in [-0.2, 0) is 9.59 Å². The number of carboxylic acid groups (broad SMARTS) is 1. The van der Waals surface area contributed by atoms with Crippen LogP contribution >= 0.6 is 0 Å². The zero-order valence-electron chi connectivity index (χ0n) is 10.6. The van der Waals surface area contributed by atoms with Crippen molar-refractivity contribution in [2.45, 2.75) is 57.5 Å². The molecule has 17 heavy (non-hydrogen) atoms. The quantitative estimate of drug-likeness (QED) is 0.646. The molecule has 5 nitrogen and oxygen atoms in total. The molecular weight excluding hydrogens is 220 g/mol. The van der Waals surface area contributed by atoms with Crippen LogP contribution in [-0.4, -0.2) is 35.1 Å². The van der Waals surface area contributed by atoms with E-state index < -0.39 is 17.6 Å². The van der Waals surface area contributed by atoms with Crippen molar-refractivity contribution >= 4 is 11.9 Å². The molecule has 1 saturated heterocycles. The summed E-state index contributed by atoms with van der Waals surface area (Å²) < 4.78 is 0. The molecule has 0 aliphatic carbocycles. The molecule has 0 bridgehead atoms. The fraction of sp³-hybridized carbons (Fsp3) is 0.833. The second-order valence-electron chi connectivity index (χ2n) is 4.63. The summed E-state index contributed by atoms with van der Waals surface area (Å²) in [4.78, 5) is 23.1. The lowest BCUT2D eigenvalue weighted by molar-refractivity contribution is -0.143. The molecule has 98 valence electrons. The molecule has 2 unspecified atom stereocenters. The maximum atomic E-state index is 12.2. The number of nitrogens with one attached hydrogen (secondary N) is 2. The van der Waals surface area contributed by atoms with Crippen LogP contribution in [0.4, 0.5) is 0 Å². The fourth-order valence-corrected chi connectivity index (χ4v) is 2.39. The summed E-state index contributed by atoms with van der Waals surface area (Å²) >= 11 is 0. The molecule has 1 amide bonds. The first-order valence-corrected chi connectivity index (χ1v) is 6.34. The van der Waals surface area contributed by atoms with Gasteiger partial charge in [-0.1, -0.05) is 20.3 Å². The summed E-state index contributed by atoms with van der Waals surface area (Å²) in [5, 5.41) is 14.8. The van der Waals surface area contributed by atoms with E-state index in [1.807, 2.05) is 6.92 Å². The normalized spacial score (nSPS) is 25.5. The molecule has 2 atom stereocenters. The minimum Gasteiger partial charge on any atom is -0.480 e. The van der Waals surface area contributed by atoms with Crippen LogP contribution in [0.3, 0.4) is 0 Å². The van der Waals surface area contributed by atoms with E-state index in [9.17, 15) is 9.59 Å². The van der Waals surface area contributed by atoms with E-state index in [-0.39, 0.29) is 5.91 Å². The summed E-state index contributed by atoms with van der Waals surface area (Å²) in [5.74, 6) is -1.13. The Labute approximate surface area is 102 Å².